The standard InChI is InChI=1S/C14H18N2O3/c1-2-8-16(9-11-18)14(19)13-12(6-4-10-17)5-3-7-15-13/h3,5,7,17-18H,2,8-11H2,1H3. The van der Waals surface area contributed by atoms with Gasteiger partial charge in [0.1, 0.15) is 12.3 Å². The van der Waals surface area contributed by atoms with Crippen molar-refractivity contribution in [3.63, 3.8) is 0 Å². The first-order valence-corrected chi connectivity index (χ1v) is 6.19. The van der Waals surface area contributed by atoms with Gasteiger partial charge in [0.2, 0.25) is 0 Å². The summed E-state index contributed by atoms with van der Waals surface area (Å²) < 4.78 is 0. The lowest BCUT2D eigenvalue weighted by molar-refractivity contribution is 0.0716. The molecule has 2 N–H and O–H groups in total. The fourth-order valence-corrected chi connectivity index (χ4v) is 1.67. The summed E-state index contributed by atoms with van der Waals surface area (Å²) in [5, 5.41) is 17.7. The second-order valence-electron chi connectivity index (χ2n) is 3.88. The minimum Gasteiger partial charge on any atom is -0.395 e. The number of pyridine rings is 1. The second-order valence-corrected chi connectivity index (χ2v) is 3.88. The molecule has 1 aromatic heterocycles. The summed E-state index contributed by atoms with van der Waals surface area (Å²) in [4.78, 5) is 17.9. The average Bonchev–Trinajstić information content (AvgIpc) is 2.44. The number of carbonyl (C=O) groups excluding carboxylic acids is 1. The predicted molar refractivity (Wildman–Crippen MR) is 71.5 cm³/mol. The molecule has 0 saturated heterocycles. The first-order valence-electron chi connectivity index (χ1n) is 6.19. The van der Waals surface area contributed by atoms with Crippen LogP contribution in [0.1, 0.15) is 29.4 Å². The summed E-state index contributed by atoms with van der Waals surface area (Å²) in [7, 11) is 0. The smallest absolute Gasteiger partial charge is 0.273 e. The number of nitrogens with zero attached hydrogens (tertiary/aromatic N) is 2. The molecular formula is C14H18N2O3. The van der Waals surface area contributed by atoms with Crippen molar-refractivity contribution in [2.24, 2.45) is 0 Å². The molecule has 0 aliphatic rings. The molecule has 0 unspecified atom stereocenters. The Labute approximate surface area is 112 Å². The Morgan fingerprint density at radius 2 is 2.21 bits per heavy atom. The van der Waals surface area contributed by atoms with Gasteiger partial charge in [-0.1, -0.05) is 18.8 Å². The van der Waals surface area contributed by atoms with Crippen LogP contribution >= 0.6 is 0 Å². The van der Waals surface area contributed by atoms with E-state index in [1.54, 1.807) is 17.0 Å². The van der Waals surface area contributed by atoms with E-state index in [2.05, 4.69) is 16.8 Å². The summed E-state index contributed by atoms with van der Waals surface area (Å²) in [5.74, 6) is 4.97. The summed E-state index contributed by atoms with van der Waals surface area (Å²) in [6, 6.07) is 3.38. The van der Waals surface area contributed by atoms with E-state index < -0.39 is 0 Å². The Bertz CT molecular complexity index is 471. The third kappa shape index (κ3) is 4.36. The molecule has 0 aromatic carbocycles. The van der Waals surface area contributed by atoms with Crippen molar-refractivity contribution >= 4 is 5.91 Å². The largest absolute Gasteiger partial charge is 0.395 e. The Balaban J connectivity index is 3.03. The van der Waals surface area contributed by atoms with Gasteiger partial charge in [-0.25, -0.2) is 4.98 Å². The quantitative estimate of drug-likeness (QED) is 0.747. The first kappa shape index (κ1) is 15.2. The van der Waals surface area contributed by atoms with Gasteiger partial charge in [-0.15, -0.1) is 0 Å². The summed E-state index contributed by atoms with van der Waals surface area (Å²) >= 11 is 0. The zero-order chi connectivity index (χ0) is 14.1. The van der Waals surface area contributed by atoms with Crippen LogP contribution in [-0.4, -0.2) is 52.3 Å². The van der Waals surface area contributed by atoms with Gasteiger partial charge in [0.25, 0.3) is 5.91 Å². The molecule has 0 aliphatic heterocycles. The molecule has 5 heteroatoms. The molecule has 1 amide bonds. The van der Waals surface area contributed by atoms with Crippen LogP contribution in [-0.2, 0) is 0 Å². The molecule has 1 aromatic rings. The van der Waals surface area contributed by atoms with E-state index in [9.17, 15) is 4.79 Å². The summed E-state index contributed by atoms with van der Waals surface area (Å²) in [5.41, 5.74) is 0.742. The lowest BCUT2D eigenvalue weighted by Crippen LogP contribution is -2.35. The lowest BCUT2D eigenvalue weighted by atomic mass is 10.1. The molecule has 0 fully saturated rings. The highest BCUT2D eigenvalue weighted by molar-refractivity contribution is 5.94. The number of hydrogen-bond donors (Lipinski definition) is 2. The minimum atomic E-state index is -0.266. The molecule has 0 aliphatic carbocycles. The van der Waals surface area contributed by atoms with Crippen LogP contribution in [0.2, 0.25) is 0 Å². The molecule has 1 rings (SSSR count). The van der Waals surface area contributed by atoms with Gasteiger partial charge >= 0.3 is 0 Å². The van der Waals surface area contributed by atoms with Crippen molar-refractivity contribution in [2.75, 3.05) is 26.3 Å². The maximum Gasteiger partial charge on any atom is 0.273 e. The Morgan fingerprint density at radius 1 is 1.42 bits per heavy atom. The number of rotatable bonds is 5. The monoisotopic (exact) mass is 262 g/mol. The maximum absolute atomic E-state index is 12.3. The number of aliphatic hydroxyl groups excluding tert-OH is 2. The van der Waals surface area contributed by atoms with Gasteiger partial charge in [0.05, 0.1) is 12.2 Å². The van der Waals surface area contributed by atoms with Gasteiger partial charge in [-0.3, -0.25) is 4.79 Å². The van der Waals surface area contributed by atoms with Gasteiger partial charge in [0.15, 0.2) is 0 Å². The van der Waals surface area contributed by atoms with Crippen molar-refractivity contribution in [1.29, 1.82) is 0 Å². The zero-order valence-electron chi connectivity index (χ0n) is 11.0. The number of aromatic nitrogens is 1. The Morgan fingerprint density at radius 3 is 2.84 bits per heavy atom. The highest BCUT2D eigenvalue weighted by atomic mass is 16.3. The average molecular weight is 262 g/mol. The van der Waals surface area contributed by atoms with Crippen LogP contribution in [0, 0.1) is 11.8 Å². The van der Waals surface area contributed by atoms with E-state index in [1.165, 1.54) is 6.20 Å². The molecule has 0 saturated carbocycles. The van der Waals surface area contributed by atoms with Crippen molar-refractivity contribution in [1.82, 2.24) is 9.88 Å². The molecule has 19 heavy (non-hydrogen) atoms. The fraction of sp³-hybridized carbons (Fsp3) is 0.429. The molecule has 0 bridgehead atoms. The normalized spacial score (nSPS) is 9.63. The van der Waals surface area contributed by atoms with E-state index >= 15 is 0 Å². The van der Waals surface area contributed by atoms with Gasteiger partial charge < -0.3 is 15.1 Å². The highest BCUT2D eigenvalue weighted by Gasteiger charge is 2.18. The van der Waals surface area contributed by atoms with Crippen LogP contribution in [0.15, 0.2) is 18.3 Å². The molecule has 102 valence electrons. The molecule has 0 atom stereocenters. The van der Waals surface area contributed by atoms with Crippen molar-refractivity contribution in [3.8, 4) is 11.8 Å². The summed E-state index contributed by atoms with van der Waals surface area (Å²) in [6.07, 6.45) is 2.33. The van der Waals surface area contributed by atoms with E-state index in [0.717, 1.165) is 6.42 Å². The van der Waals surface area contributed by atoms with Crippen LogP contribution in [0.5, 0.6) is 0 Å². The van der Waals surface area contributed by atoms with Crippen molar-refractivity contribution < 1.29 is 15.0 Å². The number of hydrogen-bond acceptors (Lipinski definition) is 4. The first-order chi connectivity index (χ1) is 9.24. The van der Waals surface area contributed by atoms with Crippen LogP contribution in [0.4, 0.5) is 0 Å². The predicted octanol–water partition coefficient (Wildman–Crippen LogP) is 0.270. The SMILES string of the molecule is CCCN(CCO)C(=O)c1ncccc1C#CCO. The van der Waals surface area contributed by atoms with Crippen LogP contribution in [0.3, 0.4) is 0 Å². The second kappa shape index (κ2) is 8.25. The lowest BCUT2D eigenvalue weighted by Gasteiger charge is -2.20. The summed E-state index contributed by atoms with van der Waals surface area (Å²) in [6.45, 7) is 2.44. The fourth-order valence-electron chi connectivity index (χ4n) is 1.67. The number of amides is 1. The van der Waals surface area contributed by atoms with Gasteiger partial charge in [-0.05, 0) is 18.6 Å². The number of aliphatic hydroxyl groups is 2. The van der Waals surface area contributed by atoms with Gasteiger partial charge in [0, 0.05) is 19.3 Å². The minimum absolute atomic E-state index is 0.0871. The van der Waals surface area contributed by atoms with Crippen molar-refractivity contribution in [3.05, 3.63) is 29.6 Å². The van der Waals surface area contributed by atoms with Crippen LogP contribution in [0.25, 0.3) is 0 Å². The van der Waals surface area contributed by atoms with E-state index in [0.29, 0.717) is 12.1 Å². The molecular weight excluding hydrogens is 244 g/mol. The van der Waals surface area contributed by atoms with Crippen LogP contribution < -0.4 is 0 Å². The van der Waals surface area contributed by atoms with E-state index in [4.69, 9.17) is 10.2 Å². The maximum atomic E-state index is 12.3. The molecule has 1 heterocycles. The van der Waals surface area contributed by atoms with Crippen molar-refractivity contribution in [2.45, 2.75) is 13.3 Å². The van der Waals surface area contributed by atoms with E-state index in [1.807, 2.05) is 6.92 Å². The third-order valence-electron chi connectivity index (χ3n) is 2.46. The molecule has 0 spiro atoms. The third-order valence-corrected chi connectivity index (χ3v) is 2.46. The highest BCUT2D eigenvalue weighted by Crippen LogP contribution is 2.08. The van der Waals surface area contributed by atoms with Gasteiger partial charge in [-0.2, -0.15) is 0 Å². The Kier molecular flexibility index (Phi) is 6.58. The number of carbonyl (C=O) groups is 1. The molecule has 5 nitrogen and oxygen atoms in total. The zero-order valence-corrected chi connectivity index (χ0v) is 11.0. The Hall–Kier alpha value is -1.90. The van der Waals surface area contributed by atoms with E-state index in [-0.39, 0.29) is 31.4 Å². The topological polar surface area (TPSA) is 73.7 Å². The molecule has 0 radical (unpaired) electrons.